The third-order valence-corrected chi connectivity index (χ3v) is 2.97. The molecule has 4 heteroatoms. The number of aromatic nitrogens is 1. The maximum Gasteiger partial charge on any atom is 0.0512 e. The summed E-state index contributed by atoms with van der Waals surface area (Å²) in [5.74, 6) is 0. The van der Waals surface area contributed by atoms with Crippen molar-refractivity contribution in [2.45, 2.75) is 25.9 Å². The first kappa shape index (κ1) is 12.6. The quantitative estimate of drug-likeness (QED) is 0.558. The van der Waals surface area contributed by atoms with Crippen molar-refractivity contribution < 1.29 is 5.11 Å². The van der Waals surface area contributed by atoms with E-state index >= 15 is 0 Å². The number of nitrogens with zero attached hydrogens (tertiary/aromatic N) is 1. The van der Waals surface area contributed by atoms with Gasteiger partial charge in [0.2, 0.25) is 0 Å². The molecule has 1 heterocycles. The zero-order chi connectivity index (χ0) is 13.0. The van der Waals surface area contributed by atoms with Crippen molar-refractivity contribution in [2.24, 2.45) is 0 Å². The van der Waals surface area contributed by atoms with E-state index in [0.29, 0.717) is 0 Å². The van der Waals surface area contributed by atoms with Crippen LogP contribution in [0.1, 0.15) is 19.8 Å². The Morgan fingerprint density at radius 1 is 1.33 bits per heavy atom. The fraction of sp³-hybridized carbons (Fsp3) is 0.357. The molecule has 4 N–H and O–H groups in total. The first-order valence-electron chi connectivity index (χ1n) is 6.22. The minimum atomic E-state index is -0.237. The standard InChI is InChI=1S/C14H19N3O/c1-10(18)3-2-7-17-14-5-4-13(15)12-9-16-8-6-11(12)14/h4-6,8-10,17-18H,2-3,7,15H2,1H3. The minimum absolute atomic E-state index is 0.237. The lowest BCUT2D eigenvalue weighted by Crippen LogP contribution is -2.07. The largest absolute Gasteiger partial charge is 0.398 e. The molecular weight excluding hydrogens is 226 g/mol. The first-order chi connectivity index (χ1) is 8.68. The number of aliphatic hydroxyl groups excluding tert-OH is 1. The molecule has 0 aliphatic carbocycles. The van der Waals surface area contributed by atoms with Gasteiger partial charge in [-0.15, -0.1) is 0 Å². The maximum absolute atomic E-state index is 9.21. The van der Waals surface area contributed by atoms with Crippen LogP contribution < -0.4 is 11.1 Å². The summed E-state index contributed by atoms with van der Waals surface area (Å²) in [5.41, 5.74) is 7.72. The van der Waals surface area contributed by atoms with E-state index in [4.69, 9.17) is 5.73 Å². The zero-order valence-electron chi connectivity index (χ0n) is 10.6. The summed E-state index contributed by atoms with van der Waals surface area (Å²) in [6, 6.07) is 5.84. The molecular formula is C14H19N3O. The number of nitrogen functional groups attached to an aromatic ring is 1. The normalized spacial score (nSPS) is 12.6. The SMILES string of the molecule is CC(O)CCCNc1ccc(N)c2cnccc12. The highest BCUT2D eigenvalue weighted by Crippen LogP contribution is 2.27. The number of anilines is 2. The van der Waals surface area contributed by atoms with Gasteiger partial charge >= 0.3 is 0 Å². The molecule has 0 aliphatic heterocycles. The number of nitrogens with one attached hydrogen (secondary N) is 1. The molecule has 18 heavy (non-hydrogen) atoms. The lowest BCUT2D eigenvalue weighted by Gasteiger charge is -2.11. The van der Waals surface area contributed by atoms with E-state index in [1.807, 2.05) is 25.1 Å². The fourth-order valence-electron chi connectivity index (χ4n) is 1.99. The lowest BCUT2D eigenvalue weighted by atomic mass is 10.1. The zero-order valence-corrected chi connectivity index (χ0v) is 10.6. The van der Waals surface area contributed by atoms with E-state index in [2.05, 4.69) is 10.3 Å². The van der Waals surface area contributed by atoms with Crippen LogP contribution in [-0.2, 0) is 0 Å². The molecule has 2 rings (SSSR count). The Morgan fingerprint density at radius 2 is 2.17 bits per heavy atom. The van der Waals surface area contributed by atoms with E-state index in [1.165, 1.54) is 0 Å². The maximum atomic E-state index is 9.21. The number of aliphatic hydroxyl groups is 1. The minimum Gasteiger partial charge on any atom is -0.398 e. The van der Waals surface area contributed by atoms with Crippen LogP contribution in [0.3, 0.4) is 0 Å². The van der Waals surface area contributed by atoms with Gasteiger partial charge in [0.25, 0.3) is 0 Å². The molecule has 0 spiro atoms. The Bertz CT molecular complexity index is 525. The van der Waals surface area contributed by atoms with E-state index < -0.39 is 0 Å². The molecule has 0 aliphatic rings. The van der Waals surface area contributed by atoms with Gasteiger partial charge in [-0.2, -0.15) is 0 Å². The number of benzene rings is 1. The van der Waals surface area contributed by atoms with Gasteiger partial charge in [-0.05, 0) is 38.0 Å². The topological polar surface area (TPSA) is 71.2 Å². The predicted octanol–water partition coefficient (Wildman–Crippen LogP) is 2.39. The average Bonchev–Trinajstić information content (AvgIpc) is 2.37. The van der Waals surface area contributed by atoms with Crippen LogP contribution in [0.2, 0.25) is 0 Å². The number of nitrogens with two attached hydrogens (primary N) is 1. The second-order valence-corrected chi connectivity index (χ2v) is 4.54. The summed E-state index contributed by atoms with van der Waals surface area (Å²) < 4.78 is 0. The highest BCUT2D eigenvalue weighted by Gasteiger charge is 2.03. The molecule has 0 bridgehead atoms. The molecule has 2 aromatic rings. The van der Waals surface area contributed by atoms with Crippen molar-refractivity contribution in [3.8, 4) is 0 Å². The second-order valence-electron chi connectivity index (χ2n) is 4.54. The molecule has 0 saturated heterocycles. The van der Waals surface area contributed by atoms with Gasteiger partial charge in [-0.1, -0.05) is 0 Å². The second kappa shape index (κ2) is 5.69. The van der Waals surface area contributed by atoms with E-state index in [9.17, 15) is 5.11 Å². The smallest absolute Gasteiger partial charge is 0.0512 e. The Labute approximate surface area is 107 Å². The summed E-state index contributed by atoms with van der Waals surface area (Å²) in [4.78, 5) is 4.09. The highest BCUT2D eigenvalue weighted by molar-refractivity contribution is 6.00. The van der Waals surface area contributed by atoms with Gasteiger partial charge in [0.05, 0.1) is 6.10 Å². The molecule has 1 unspecified atom stereocenters. The van der Waals surface area contributed by atoms with Crippen LogP contribution in [0, 0.1) is 0 Å². The van der Waals surface area contributed by atoms with Crippen molar-refractivity contribution >= 4 is 22.1 Å². The van der Waals surface area contributed by atoms with Gasteiger partial charge < -0.3 is 16.2 Å². The van der Waals surface area contributed by atoms with E-state index in [-0.39, 0.29) is 6.10 Å². The molecule has 0 radical (unpaired) electrons. The van der Waals surface area contributed by atoms with Crippen molar-refractivity contribution in [2.75, 3.05) is 17.6 Å². The first-order valence-corrected chi connectivity index (χ1v) is 6.22. The number of hydrogen-bond acceptors (Lipinski definition) is 4. The monoisotopic (exact) mass is 245 g/mol. The number of hydrogen-bond donors (Lipinski definition) is 3. The third-order valence-electron chi connectivity index (χ3n) is 2.97. The Hall–Kier alpha value is -1.81. The Morgan fingerprint density at radius 3 is 2.94 bits per heavy atom. The fourth-order valence-corrected chi connectivity index (χ4v) is 1.99. The van der Waals surface area contributed by atoms with Crippen LogP contribution in [0.25, 0.3) is 10.8 Å². The summed E-state index contributed by atoms with van der Waals surface area (Å²) in [6.45, 7) is 2.65. The molecule has 0 saturated carbocycles. The van der Waals surface area contributed by atoms with E-state index in [0.717, 1.165) is 41.5 Å². The molecule has 1 aromatic carbocycles. The molecule has 1 aromatic heterocycles. The van der Waals surface area contributed by atoms with Crippen LogP contribution in [0.15, 0.2) is 30.6 Å². The molecule has 4 nitrogen and oxygen atoms in total. The van der Waals surface area contributed by atoms with Crippen molar-refractivity contribution in [1.29, 1.82) is 0 Å². The number of pyridine rings is 1. The van der Waals surface area contributed by atoms with Crippen molar-refractivity contribution in [3.05, 3.63) is 30.6 Å². The highest BCUT2D eigenvalue weighted by atomic mass is 16.3. The summed E-state index contributed by atoms with van der Waals surface area (Å²) in [7, 11) is 0. The van der Waals surface area contributed by atoms with Gasteiger partial charge in [-0.25, -0.2) is 0 Å². The lowest BCUT2D eigenvalue weighted by molar-refractivity contribution is 0.183. The average molecular weight is 245 g/mol. The summed E-state index contributed by atoms with van der Waals surface area (Å²) in [5, 5.41) is 14.6. The predicted molar refractivity (Wildman–Crippen MR) is 75.6 cm³/mol. The van der Waals surface area contributed by atoms with Crippen molar-refractivity contribution in [1.82, 2.24) is 4.98 Å². The van der Waals surface area contributed by atoms with E-state index in [1.54, 1.807) is 12.4 Å². The van der Waals surface area contributed by atoms with Gasteiger partial charge in [0, 0.05) is 41.1 Å². The van der Waals surface area contributed by atoms with Crippen LogP contribution >= 0.6 is 0 Å². The van der Waals surface area contributed by atoms with Gasteiger partial charge in [0.15, 0.2) is 0 Å². The summed E-state index contributed by atoms with van der Waals surface area (Å²) in [6.07, 6.45) is 5.06. The number of fused-ring (bicyclic) bond motifs is 1. The molecule has 1 atom stereocenters. The Kier molecular flexibility index (Phi) is 3.99. The van der Waals surface area contributed by atoms with Crippen LogP contribution in [0.4, 0.5) is 11.4 Å². The molecule has 0 amide bonds. The third kappa shape index (κ3) is 2.90. The molecule has 0 fully saturated rings. The van der Waals surface area contributed by atoms with Gasteiger partial charge in [-0.3, -0.25) is 4.98 Å². The molecule has 96 valence electrons. The summed E-state index contributed by atoms with van der Waals surface area (Å²) >= 11 is 0. The Balaban J connectivity index is 2.11. The van der Waals surface area contributed by atoms with Crippen molar-refractivity contribution in [3.63, 3.8) is 0 Å². The van der Waals surface area contributed by atoms with Crippen LogP contribution in [-0.4, -0.2) is 22.7 Å². The van der Waals surface area contributed by atoms with Gasteiger partial charge in [0.1, 0.15) is 0 Å². The number of rotatable bonds is 5. The van der Waals surface area contributed by atoms with Crippen LogP contribution in [0.5, 0.6) is 0 Å².